The summed E-state index contributed by atoms with van der Waals surface area (Å²) >= 11 is 0. The quantitative estimate of drug-likeness (QED) is 0.643. The van der Waals surface area contributed by atoms with Gasteiger partial charge in [0.05, 0.1) is 12.2 Å². The van der Waals surface area contributed by atoms with Crippen LogP contribution in [0.1, 0.15) is 50.0 Å². The van der Waals surface area contributed by atoms with Crippen molar-refractivity contribution < 1.29 is 15.3 Å². The highest BCUT2D eigenvalue weighted by molar-refractivity contribution is 5.33. The van der Waals surface area contributed by atoms with E-state index >= 15 is 0 Å². The van der Waals surface area contributed by atoms with E-state index in [0.717, 1.165) is 11.1 Å². The van der Waals surface area contributed by atoms with Crippen LogP contribution in [0.25, 0.3) is 0 Å². The normalized spacial score (nSPS) is 13.2. The molecular weight excluding hydrogens is 312 g/mol. The number of aliphatic hydroxyl groups is 2. The molecular formula is C22H26O3. The number of phenolic OH excluding ortho intramolecular Hbond substituents is 1. The van der Waals surface area contributed by atoms with Crippen molar-refractivity contribution in [3.63, 3.8) is 0 Å². The number of benzene rings is 2. The number of rotatable bonds is 7. The van der Waals surface area contributed by atoms with Crippen LogP contribution in [0.15, 0.2) is 72.0 Å². The molecule has 0 aliphatic rings. The van der Waals surface area contributed by atoms with E-state index in [1.165, 1.54) is 0 Å². The molecule has 2 aromatic rings. The predicted octanol–water partition coefficient (Wildman–Crippen LogP) is 4.68. The lowest BCUT2D eigenvalue weighted by molar-refractivity contribution is 0.175. The summed E-state index contributed by atoms with van der Waals surface area (Å²) in [6.07, 6.45) is 1.30. The highest BCUT2D eigenvalue weighted by Crippen LogP contribution is 2.27. The Balaban J connectivity index is 2.08. The fourth-order valence-corrected chi connectivity index (χ4v) is 2.66. The Kier molecular flexibility index (Phi) is 7.03. The van der Waals surface area contributed by atoms with E-state index in [4.69, 9.17) is 0 Å². The number of phenols is 1. The summed E-state index contributed by atoms with van der Waals surface area (Å²) in [6.45, 7) is 4.13. The largest absolute Gasteiger partial charge is 0.508 e. The van der Waals surface area contributed by atoms with E-state index in [9.17, 15) is 15.3 Å². The summed E-state index contributed by atoms with van der Waals surface area (Å²) in [5, 5.41) is 30.4. The second-order valence-corrected chi connectivity index (χ2v) is 6.47. The second-order valence-electron chi connectivity index (χ2n) is 6.47. The van der Waals surface area contributed by atoms with Crippen molar-refractivity contribution >= 4 is 0 Å². The van der Waals surface area contributed by atoms with Crippen LogP contribution in [0, 0.1) is 5.92 Å². The minimum atomic E-state index is -0.777. The van der Waals surface area contributed by atoms with Crippen molar-refractivity contribution in [2.24, 2.45) is 5.92 Å². The average molecular weight is 338 g/mol. The van der Waals surface area contributed by atoms with Crippen LogP contribution in [0.3, 0.4) is 0 Å². The predicted molar refractivity (Wildman–Crippen MR) is 100 cm³/mol. The molecule has 0 fully saturated rings. The van der Waals surface area contributed by atoms with Crippen LogP contribution in [0.4, 0.5) is 0 Å². The number of aliphatic hydroxyl groups excluding tert-OH is 2. The Hall–Kier alpha value is -2.32. The van der Waals surface area contributed by atoms with Crippen LogP contribution >= 0.6 is 0 Å². The SMILES string of the molecule is CC(C)C(=C=CC[C@@H](O)c1ccccc1O)C[C@@H](O)c1ccccc1. The van der Waals surface area contributed by atoms with Gasteiger partial charge in [-0.2, -0.15) is 0 Å². The van der Waals surface area contributed by atoms with Crippen molar-refractivity contribution in [2.45, 2.75) is 38.9 Å². The van der Waals surface area contributed by atoms with Crippen molar-refractivity contribution in [1.82, 2.24) is 0 Å². The van der Waals surface area contributed by atoms with Crippen LogP contribution in [0.5, 0.6) is 5.75 Å². The van der Waals surface area contributed by atoms with E-state index in [0.29, 0.717) is 18.4 Å². The van der Waals surface area contributed by atoms with Crippen molar-refractivity contribution in [3.05, 3.63) is 83.1 Å². The van der Waals surface area contributed by atoms with E-state index in [1.54, 1.807) is 30.3 Å². The third-order valence-electron chi connectivity index (χ3n) is 4.22. The van der Waals surface area contributed by atoms with E-state index < -0.39 is 12.2 Å². The molecule has 132 valence electrons. The average Bonchev–Trinajstić information content (AvgIpc) is 2.61. The Labute approximate surface area is 149 Å². The molecule has 2 atom stereocenters. The number of para-hydroxylation sites is 1. The molecule has 0 unspecified atom stereocenters. The molecule has 3 heteroatoms. The Morgan fingerprint density at radius 1 is 0.960 bits per heavy atom. The maximum Gasteiger partial charge on any atom is 0.121 e. The van der Waals surface area contributed by atoms with Crippen molar-refractivity contribution in [2.75, 3.05) is 0 Å². The summed E-state index contributed by atoms with van der Waals surface area (Å²) < 4.78 is 0. The Bertz CT molecular complexity index is 728. The lowest BCUT2D eigenvalue weighted by Crippen LogP contribution is -2.03. The third-order valence-corrected chi connectivity index (χ3v) is 4.22. The van der Waals surface area contributed by atoms with E-state index in [-0.39, 0.29) is 11.7 Å². The molecule has 2 aromatic carbocycles. The summed E-state index contributed by atoms with van der Waals surface area (Å²) in [5.74, 6) is 0.341. The summed E-state index contributed by atoms with van der Waals surface area (Å²) in [7, 11) is 0. The monoisotopic (exact) mass is 338 g/mol. The zero-order valence-electron chi connectivity index (χ0n) is 14.8. The first kappa shape index (κ1) is 19.0. The van der Waals surface area contributed by atoms with Gasteiger partial charge in [-0.05, 0) is 29.2 Å². The van der Waals surface area contributed by atoms with Crippen molar-refractivity contribution in [1.29, 1.82) is 0 Å². The van der Waals surface area contributed by atoms with Gasteiger partial charge < -0.3 is 15.3 Å². The van der Waals surface area contributed by atoms with Gasteiger partial charge in [0.1, 0.15) is 5.75 Å². The number of aromatic hydroxyl groups is 1. The molecule has 0 aliphatic carbocycles. The van der Waals surface area contributed by atoms with E-state index in [1.807, 2.05) is 30.3 Å². The molecule has 0 radical (unpaired) electrons. The molecule has 2 rings (SSSR count). The second kappa shape index (κ2) is 9.24. The molecule has 3 nitrogen and oxygen atoms in total. The van der Waals surface area contributed by atoms with Crippen LogP contribution in [0.2, 0.25) is 0 Å². The molecule has 0 saturated heterocycles. The van der Waals surface area contributed by atoms with Gasteiger partial charge in [0.15, 0.2) is 0 Å². The summed E-state index contributed by atoms with van der Waals surface area (Å²) in [4.78, 5) is 0. The van der Waals surface area contributed by atoms with E-state index in [2.05, 4.69) is 19.6 Å². The minimum absolute atomic E-state index is 0.0935. The highest BCUT2D eigenvalue weighted by atomic mass is 16.3. The first-order valence-electron chi connectivity index (χ1n) is 8.62. The van der Waals surface area contributed by atoms with Gasteiger partial charge in [-0.3, -0.25) is 0 Å². The number of hydrogen-bond acceptors (Lipinski definition) is 3. The van der Waals surface area contributed by atoms with Gasteiger partial charge in [-0.25, -0.2) is 0 Å². The molecule has 0 amide bonds. The maximum absolute atomic E-state index is 10.4. The summed E-state index contributed by atoms with van der Waals surface area (Å²) in [6, 6.07) is 16.4. The van der Waals surface area contributed by atoms with Gasteiger partial charge in [0.2, 0.25) is 0 Å². The Morgan fingerprint density at radius 2 is 1.60 bits per heavy atom. The van der Waals surface area contributed by atoms with Crippen molar-refractivity contribution in [3.8, 4) is 5.75 Å². The minimum Gasteiger partial charge on any atom is -0.508 e. The standard InChI is InChI=1S/C22H26O3/c1-16(2)18(15-22(25)17-9-4-3-5-10-17)11-8-14-21(24)19-12-6-7-13-20(19)23/h3-10,12-13,16,21-25H,14-15H2,1-2H3/t11?,21-,22-/m1/s1. The van der Waals surface area contributed by atoms with Gasteiger partial charge in [-0.15, -0.1) is 5.73 Å². The van der Waals surface area contributed by atoms with Gasteiger partial charge in [0.25, 0.3) is 0 Å². The highest BCUT2D eigenvalue weighted by Gasteiger charge is 2.13. The van der Waals surface area contributed by atoms with Gasteiger partial charge in [0, 0.05) is 18.4 Å². The zero-order valence-corrected chi connectivity index (χ0v) is 14.8. The fraction of sp³-hybridized carbons (Fsp3) is 0.318. The molecule has 3 N–H and O–H groups in total. The van der Waals surface area contributed by atoms with Crippen LogP contribution in [-0.2, 0) is 0 Å². The molecule has 0 aromatic heterocycles. The third kappa shape index (κ3) is 5.61. The lowest BCUT2D eigenvalue weighted by Gasteiger charge is -2.15. The van der Waals surface area contributed by atoms with Gasteiger partial charge >= 0.3 is 0 Å². The lowest BCUT2D eigenvalue weighted by atomic mass is 9.94. The molecule has 0 spiro atoms. The molecule has 25 heavy (non-hydrogen) atoms. The fourth-order valence-electron chi connectivity index (χ4n) is 2.66. The van der Waals surface area contributed by atoms with Gasteiger partial charge in [-0.1, -0.05) is 62.4 Å². The summed E-state index contributed by atoms with van der Waals surface area (Å²) in [5.41, 5.74) is 5.63. The first-order valence-corrected chi connectivity index (χ1v) is 8.62. The molecule has 0 aliphatic heterocycles. The molecule has 0 saturated carbocycles. The van der Waals surface area contributed by atoms with Crippen LogP contribution < -0.4 is 0 Å². The topological polar surface area (TPSA) is 60.7 Å². The molecule has 0 heterocycles. The smallest absolute Gasteiger partial charge is 0.121 e. The Morgan fingerprint density at radius 3 is 2.24 bits per heavy atom. The first-order chi connectivity index (χ1) is 12.0. The maximum atomic E-state index is 10.4. The number of hydrogen-bond donors (Lipinski definition) is 3. The zero-order chi connectivity index (χ0) is 18.2. The molecule has 0 bridgehead atoms. The van der Waals surface area contributed by atoms with Crippen LogP contribution in [-0.4, -0.2) is 15.3 Å².